The lowest BCUT2D eigenvalue weighted by molar-refractivity contribution is -0.138. The number of carbonyl (C=O) groups excluding carboxylic acids is 10. The first kappa shape index (κ1) is 55.7. The number of carboxylic acid groups (broad SMARTS) is 1. The van der Waals surface area contributed by atoms with Crippen LogP contribution >= 0.6 is 12.6 Å². The van der Waals surface area contributed by atoms with Crippen molar-refractivity contribution in [3.05, 3.63) is 0 Å². The van der Waals surface area contributed by atoms with Crippen LogP contribution in [0.25, 0.3) is 0 Å². The van der Waals surface area contributed by atoms with Crippen molar-refractivity contribution in [2.45, 2.75) is 102 Å². The van der Waals surface area contributed by atoms with E-state index < -0.39 is 133 Å². The summed E-state index contributed by atoms with van der Waals surface area (Å²) in [7, 11) is 0. The van der Waals surface area contributed by atoms with Crippen LogP contribution < -0.4 is 76.5 Å². The molecule has 0 aliphatic carbocycles. The Bertz CT molecular complexity index is 1630. The van der Waals surface area contributed by atoms with Crippen LogP contribution in [-0.2, 0) is 52.7 Å². The largest absolute Gasteiger partial charge is 0.480 e. The number of carboxylic acids is 1. The summed E-state index contributed by atoms with van der Waals surface area (Å²) >= 11 is 3.92. The Morgan fingerprint density at radius 3 is 1.48 bits per heavy atom. The van der Waals surface area contributed by atoms with Gasteiger partial charge in [0.15, 0.2) is 5.96 Å². The number of primary amides is 1. The van der Waals surface area contributed by atoms with Gasteiger partial charge < -0.3 is 81.6 Å². The highest BCUT2D eigenvalue weighted by molar-refractivity contribution is 7.80. The molecule has 0 aromatic heterocycles. The van der Waals surface area contributed by atoms with Crippen LogP contribution in [0.2, 0.25) is 0 Å². The number of guanidine groups is 1. The molecule has 0 aromatic rings. The number of nitrogens with one attached hydrogen (secondary N) is 9. The van der Waals surface area contributed by atoms with E-state index in [1.807, 2.05) is 5.32 Å². The highest BCUT2D eigenvalue weighted by atomic mass is 32.1. The van der Waals surface area contributed by atoms with Crippen LogP contribution in [-0.4, -0.2) is 157 Å². The van der Waals surface area contributed by atoms with Gasteiger partial charge in [0, 0.05) is 12.3 Å². The maximum atomic E-state index is 13.2. The van der Waals surface area contributed by atoms with Crippen LogP contribution in [0.15, 0.2) is 4.99 Å². The van der Waals surface area contributed by atoms with Gasteiger partial charge in [-0.2, -0.15) is 12.6 Å². The van der Waals surface area contributed by atoms with E-state index in [0.29, 0.717) is 19.4 Å². The quantitative estimate of drug-likeness (QED) is 0.0138. The van der Waals surface area contributed by atoms with Crippen molar-refractivity contribution >= 4 is 83.6 Å². The Kier molecular flexibility index (Phi) is 26.8. The molecule has 0 saturated heterocycles. The number of nitrogens with zero attached hydrogens (tertiary/aromatic N) is 1. The molecule has 28 heteroatoms. The van der Waals surface area contributed by atoms with E-state index >= 15 is 0 Å². The predicted molar refractivity (Wildman–Crippen MR) is 224 cm³/mol. The highest BCUT2D eigenvalue weighted by Gasteiger charge is 2.30. The van der Waals surface area contributed by atoms with Gasteiger partial charge in [-0.15, -0.1) is 0 Å². The first-order chi connectivity index (χ1) is 29.0. The number of aliphatic imine (C=N–C) groups is 1. The molecule has 20 N–H and O–H groups in total. The number of carbonyl (C=O) groups is 11. The molecule has 0 unspecified atom stereocenters. The molecular weight excluding hydrogens is 843 g/mol. The van der Waals surface area contributed by atoms with E-state index in [2.05, 4.69) is 60.2 Å². The van der Waals surface area contributed by atoms with Crippen LogP contribution in [0.1, 0.15) is 59.3 Å². The summed E-state index contributed by atoms with van der Waals surface area (Å²) in [5.74, 6) is -10.1. The van der Waals surface area contributed by atoms with Crippen LogP contribution in [0.5, 0.6) is 0 Å². The first-order valence-corrected chi connectivity index (χ1v) is 19.9. The molecule has 0 aliphatic rings. The molecule has 0 saturated carbocycles. The fourth-order valence-corrected chi connectivity index (χ4v) is 5.05. The molecule has 0 heterocycles. The number of nitrogens with two attached hydrogens (primary N) is 5. The minimum atomic E-state index is -1.60. The van der Waals surface area contributed by atoms with Gasteiger partial charge in [0.1, 0.15) is 42.8 Å². The number of aliphatic carboxylic acids is 1. The van der Waals surface area contributed by atoms with Gasteiger partial charge in [-0.1, -0.05) is 0 Å². The van der Waals surface area contributed by atoms with Crippen molar-refractivity contribution in [3.63, 3.8) is 0 Å². The van der Waals surface area contributed by atoms with E-state index in [1.165, 1.54) is 20.8 Å². The SMILES string of the molecule is C[C@H](NC(=O)[C@H](C)NC(=O)[C@H](CCCCN)NC(=O)CNC(=O)[C@H](C)NC(=O)[C@@H](N)CS)C(=O)NCC(=O)N[C@@H](CCCN=C(N)N)C(=O)N[C@@H](CC(N)=O)C(=O)NCC(=O)O. The van der Waals surface area contributed by atoms with E-state index in [0.717, 1.165) is 0 Å². The van der Waals surface area contributed by atoms with Gasteiger partial charge >= 0.3 is 5.97 Å². The lowest BCUT2D eigenvalue weighted by atomic mass is 10.1. The first-order valence-electron chi connectivity index (χ1n) is 19.3. The lowest BCUT2D eigenvalue weighted by Crippen LogP contribution is -2.57. The number of hydrogen-bond acceptors (Lipinski definition) is 15. The summed E-state index contributed by atoms with van der Waals surface area (Å²) in [6.45, 7) is 2.19. The Balaban J connectivity index is 5.45. The van der Waals surface area contributed by atoms with Gasteiger partial charge in [-0.3, -0.25) is 57.7 Å². The van der Waals surface area contributed by atoms with Crippen molar-refractivity contribution in [1.29, 1.82) is 0 Å². The summed E-state index contributed by atoms with van der Waals surface area (Å²) in [6.07, 6.45) is 0.327. The van der Waals surface area contributed by atoms with E-state index in [-0.39, 0.29) is 37.5 Å². The molecule has 0 spiro atoms. The molecule has 0 fully saturated rings. The normalized spacial score (nSPS) is 14.0. The van der Waals surface area contributed by atoms with Gasteiger partial charge in [-0.05, 0) is 59.4 Å². The molecule has 10 amide bonds. The zero-order valence-electron chi connectivity index (χ0n) is 34.7. The smallest absolute Gasteiger partial charge is 0.322 e. The Morgan fingerprint density at radius 1 is 0.565 bits per heavy atom. The van der Waals surface area contributed by atoms with E-state index in [4.69, 9.17) is 33.8 Å². The summed E-state index contributed by atoms with van der Waals surface area (Å²) in [5, 5.41) is 29.8. The molecule has 7 atom stereocenters. The maximum Gasteiger partial charge on any atom is 0.322 e. The fraction of sp³-hybridized carbons (Fsp3) is 0.647. The summed E-state index contributed by atoms with van der Waals surface area (Å²) in [5.41, 5.74) is 27.0. The highest BCUT2D eigenvalue weighted by Crippen LogP contribution is 2.04. The zero-order chi connectivity index (χ0) is 47.5. The molecule has 0 radical (unpaired) electrons. The topological polar surface area (TPSA) is 459 Å². The number of thiol groups is 1. The third-order valence-electron chi connectivity index (χ3n) is 8.28. The molecule has 27 nitrogen and oxygen atoms in total. The number of hydrogen-bond donors (Lipinski definition) is 16. The van der Waals surface area contributed by atoms with Crippen LogP contribution in [0.3, 0.4) is 0 Å². The summed E-state index contributed by atoms with van der Waals surface area (Å²) in [6, 6.07) is -8.65. The number of unbranched alkanes of at least 4 members (excludes halogenated alkanes) is 1. The Morgan fingerprint density at radius 2 is 1.02 bits per heavy atom. The minimum absolute atomic E-state index is 0.0261. The molecule has 0 aliphatic heterocycles. The molecule has 350 valence electrons. The lowest BCUT2D eigenvalue weighted by Gasteiger charge is -2.23. The van der Waals surface area contributed by atoms with Gasteiger partial charge in [0.2, 0.25) is 59.1 Å². The second-order valence-electron chi connectivity index (χ2n) is 13.7. The second-order valence-corrected chi connectivity index (χ2v) is 14.1. The van der Waals surface area contributed by atoms with Gasteiger partial charge in [0.25, 0.3) is 0 Å². The number of amides is 10. The van der Waals surface area contributed by atoms with E-state index in [1.54, 1.807) is 0 Å². The molecule has 0 aromatic carbocycles. The van der Waals surface area contributed by atoms with E-state index in [9.17, 15) is 52.7 Å². The molecular formula is C34H61N15O12S. The monoisotopic (exact) mass is 903 g/mol. The molecule has 0 bridgehead atoms. The third-order valence-corrected chi connectivity index (χ3v) is 8.68. The molecule has 0 rings (SSSR count). The zero-order valence-corrected chi connectivity index (χ0v) is 35.6. The van der Waals surface area contributed by atoms with Crippen molar-refractivity contribution in [2.75, 3.05) is 38.5 Å². The summed E-state index contributed by atoms with van der Waals surface area (Å²) in [4.78, 5) is 141. The van der Waals surface area contributed by atoms with Crippen molar-refractivity contribution in [3.8, 4) is 0 Å². The second kappa shape index (κ2) is 29.9. The Labute approximate surface area is 362 Å². The average molecular weight is 904 g/mol. The van der Waals surface area contributed by atoms with Crippen LogP contribution in [0.4, 0.5) is 0 Å². The van der Waals surface area contributed by atoms with Crippen molar-refractivity contribution in [2.24, 2.45) is 33.7 Å². The fourth-order valence-electron chi connectivity index (χ4n) is 4.89. The van der Waals surface area contributed by atoms with Crippen molar-refractivity contribution < 1.29 is 57.8 Å². The minimum Gasteiger partial charge on any atom is -0.480 e. The Hall–Kier alpha value is -6.29. The van der Waals surface area contributed by atoms with Gasteiger partial charge in [-0.25, -0.2) is 0 Å². The maximum absolute atomic E-state index is 13.2. The standard InChI is InChI=1S/C34H61N15O12S/c1-16(27(55)41-13-25(52)48-21(8-6-10-40-34(38)39)33(61)49-22(11-23(37)50)31(59)43-14-26(53)54)44-29(57)18(3)46-32(60)20(7-4-5-9-35)47-24(51)12-42-28(56)17(2)45-30(58)19(36)15-62/h16-22,62H,4-15,35-36H2,1-3H3,(H2,37,50)(H,41,55)(H,42,56)(H,43,59)(H,44,57)(H,45,58)(H,46,60)(H,47,51)(H,48,52)(H,49,61)(H,53,54)(H4,38,39,40)/t16-,17-,18-,19-,20-,21-,22-/m0/s1. The predicted octanol–water partition coefficient (Wildman–Crippen LogP) is -8.30. The van der Waals surface area contributed by atoms with Crippen molar-refractivity contribution in [1.82, 2.24) is 47.9 Å². The number of rotatable bonds is 30. The summed E-state index contributed by atoms with van der Waals surface area (Å²) < 4.78 is 0. The van der Waals surface area contributed by atoms with Crippen LogP contribution in [0, 0.1) is 0 Å². The average Bonchev–Trinajstić information content (AvgIpc) is 3.20. The third kappa shape index (κ3) is 24.1. The van der Waals surface area contributed by atoms with Gasteiger partial charge in [0.05, 0.1) is 25.6 Å². The molecule has 62 heavy (non-hydrogen) atoms.